The molecule has 0 unspecified atom stereocenters. The number of fused-ring (bicyclic) bond motifs is 2. The zero-order valence-electron chi connectivity index (χ0n) is 25.0. The van der Waals surface area contributed by atoms with Gasteiger partial charge in [-0.1, -0.05) is 24.3 Å². The van der Waals surface area contributed by atoms with Crippen molar-refractivity contribution in [2.24, 2.45) is 0 Å². The van der Waals surface area contributed by atoms with E-state index in [-0.39, 0.29) is 12.2 Å². The molecule has 5 aromatic rings. The Kier molecular flexibility index (Phi) is 6.89. The van der Waals surface area contributed by atoms with Crippen molar-refractivity contribution in [3.05, 3.63) is 88.2 Å². The number of hydrogen-bond acceptors (Lipinski definition) is 7. The number of H-pyrrole nitrogens is 1. The number of rotatable bonds is 6. The van der Waals surface area contributed by atoms with Gasteiger partial charge in [-0.25, -0.2) is 9.97 Å². The van der Waals surface area contributed by atoms with Crippen molar-refractivity contribution in [2.75, 3.05) is 33.2 Å². The molecule has 1 saturated carbocycles. The van der Waals surface area contributed by atoms with Gasteiger partial charge in [0.2, 0.25) is 0 Å². The fourth-order valence-electron chi connectivity index (χ4n) is 7.12. The molecule has 2 N–H and O–H groups in total. The van der Waals surface area contributed by atoms with Crippen molar-refractivity contribution in [2.45, 2.75) is 50.7 Å². The Morgan fingerprint density at radius 3 is 2.64 bits per heavy atom. The average molecular weight is 588 g/mol. The van der Waals surface area contributed by atoms with E-state index in [0.717, 1.165) is 52.9 Å². The monoisotopic (exact) mass is 587 g/mol. The van der Waals surface area contributed by atoms with Gasteiger partial charge in [0.1, 0.15) is 12.0 Å². The lowest BCUT2D eigenvalue weighted by Crippen LogP contribution is -2.45. The Hall–Kier alpha value is -4.18. The first-order valence-corrected chi connectivity index (χ1v) is 15.8. The summed E-state index contributed by atoms with van der Waals surface area (Å²) in [6, 6.07) is 14.5. The lowest BCUT2D eigenvalue weighted by atomic mass is 9.98. The second-order valence-corrected chi connectivity index (χ2v) is 12.6. The highest BCUT2D eigenvalue weighted by atomic mass is 16.3. The number of benzene rings is 2. The summed E-state index contributed by atoms with van der Waals surface area (Å²) in [5.74, 6) is 0.603. The van der Waals surface area contributed by atoms with Crippen LogP contribution in [0.2, 0.25) is 0 Å². The lowest BCUT2D eigenvalue weighted by Gasteiger charge is -2.38. The predicted octanol–water partition coefficient (Wildman–Crippen LogP) is 4.88. The predicted molar refractivity (Wildman–Crippen MR) is 173 cm³/mol. The molecule has 8 rings (SSSR count). The van der Waals surface area contributed by atoms with Crippen LogP contribution in [-0.4, -0.2) is 78.9 Å². The zero-order valence-corrected chi connectivity index (χ0v) is 25.0. The minimum absolute atomic E-state index is 0.202. The fraction of sp³-hybridized carbons (Fsp3) is 0.371. The average Bonchev–Trinajstić information content (AvgIpc) is 3.82. The molecule has 1 saturated heterocycles. The molecule has 0 atom stereocenters. The number of nitrogens with zero attached hydrogens (tertiary/aromatic N) is 6. The summed E-state index contributed by atoms with van der Waals surface area (Å²) in [6.07, 6.45) is 11.5. The van der Waals surface area contributed by atoms with E-state index in [9.17, 15) is 9.90 Å². The molecule has 5 heterocycles. The molecule has 224 valence electrons. The van der Waals surface area contributed by atoms with Crippen molar-refractivity contribution >= 4 is 27.4 Å². The third-order valence-corrected chi connectivity index (χ3v) is 9.87. The summed E-state index contributed by atoms with van der Waals surface area (Å²) in [4.78, 5) is 31.4. The maximum Gasteiger partial charge on any atom is 0.279 e. The number of likely N-dealkylation sites (tertiary alicyclic amines) is 1. The SMILES string of the molecule is CN1CCC(N2CC=C(c3cc4c(-c5cccc(-n6ncc7cc(C8CC8)ccc7c6=O)c5CO)ncnc4[nH]3)CC2)CC1. The molecular weight excluding hydrogens is 550 g/mol. The van der Waals surface area contributed by atoms with E-state index in [0.29, 0.717) is 28.6 Å². The lowest BCUT2D eigenvalue weighted by molar-refractivity contribution is 0.131. The molecule has 3 aromatic heterocycles. The molecule has 9 nitrogen and oxygen atoms in total. The molecular formula is C35H37N7O2. The van der Waals surface area contributed by atoms with Crippen LogP contribution in [0.15, 0.2) is 65.9 Å². The van der Waals surface area contributed by atoms with E-state index in [1.54, 1.807) is 12.5 Å². The minimum atomic E-state index is -0.265. The summed E-state index contributed by atoms with van der Waals surface area (Å²) >= 11 is 0. The number of aliphatic hydroxyl groups is 1. The zero-order chi connectivity index (χ0) is 29.8. The Balaban J connectivity index is 1.13. The van der Waals surface area contributed by atoms with Gasteiger partial charge in [0.25, 0.3) is 5.56 Å². The minimum Gasteiger partial charge on any atom is -0.392 e. The van der Waals surface area contributed by atoms with Gasteiger partial charge < -0.3 is 15.0 Å². The summed E-state index contributed by atoms with van der Waals surface area (Å²) in [5.41, 5.74) is 6.81. The van der Waals surface area contributed by atoms with E-state index in [1.165, 1.54) is 54.6 Å². The molecule has 0 spiro atoms. The number of aromatic nitrogens is 5. The number of hydrogen-bond donors (Lipinski definition) is 2. The van der Waals surface area contributed by atoms with Gasteiger partial charge in [-0.3, -0.25) is 9.69 Å². The first kappa shape index (κ1) is 27.4. The number of aromatic amines is 1. The van der Waals surface area contributed by atoms with Gasteiger partial charge in [-0.15, -0.1) is 0 Å². The third-order valence-electron chi connectivity index (χ3n) is 9.87. The molecule has 2 aliphatic heterocycles. The van der Waals surface area contributed by atoms with Crippen molar-refractivity contribution < 1.29 is 5.11 Å². The quantitative estimate of drug-likeness (QED) is 0.292. The maximum absolute atomic E-state index is 13.6. The molecule has 44 heavy (non-hydrogen) atoms. The van der Waals surface area contributed by atoms with E-state index < -0.39 is 0 Å². The smallest absolute Gasteiger partial charge is 0.279 e. The van der Waals surface area contributed by atoms with Crippen LogP contribution < -0.4 is 5.56 Å². The van der Waals surface area contributed by atoms with Crippen LogP contribution in [0.25, 0.3) is 44.3 Å². The van der Waals surface area contributed by atoms with Gasteiger partial charge >= 0.3 is 0 Å². The van der Waals surface area contributed by atoms with Crippen LogP contribution in [0.3, 0.4) is 0 Å². The van der Waals surface area contributed by atoms with E-state index in [2.05, 4.69) is 61.2 Å². The first-order valence-electron chi connectivity index (χ1n) is 15.8. The normalized spacial score (nSPS) is 18.7. The van der Waals surface area contributed by atoms with Crippen LogP contribution >= 0.6 is 0 Å². The van der Waals surface area contributed by atoms with Crippen LogP contribution in [0.1, 0.15) is 54.8 Å². The van der Waals surface area contributed by atoms with Crippen molar-refractivity contribution in [3.8, 4) is 16.9 Å². The highest BCUT2D eigenvalue weighted by Crippen LogP contribution is 2.40. The largest absolute Gasteiger partial charge is 0.392 e. The molecule has 0 bridgehead atoms. The van der Waals surface area contributed by atoms with Gasteiger partial charge in [-0.05, 0) is 93.6 Å². The molecule has 0 radical (unpaired) electrons. The van der Waals surface area contributed by atoms with Gasteiger partial charge in [0.05, 0.1) is 29.6 Å². The summed E-state index contributed by atoms with van der Waals surface area (Å²) < 4.78 is 1.40. The summed E-state index contributed by atoms with van der Waals surface area (Å²) in [6.45, 7) is 4.10. The Labute approximate surface area is 255 Å². The maximum atomic E-state index is 13.6. The van der Waals surface area contributed by atoms with E-state index in [1.807, 2.05) is 24.3 Å². The summed E-state index contributed by atoms with van der Waals surface area (Å²) in [5, 5.41) is 17.6. The van der Waals surface area contributed by atoms with Crippen LogP contribution in [-0.2, 0) is 6.61 Å². The molecule has 3 aliphatic rings. The molecule has 1 aliphatic carbocycles. The second kappa shape index (κ2) is 11.1. The fourth-order valence-corrected chi connectivity index (χ4v) is 7.12. The first-order chi connectivity index (χ1) is 21.6. The number of nitrogens with one attached hydrogen (secondary N) is 1. The van der Waals surface area contributed by atoms with Crippen molar-refractivity contribution in [1.82, 2.24) is 34.5 Å². The van der Waals surface area contributed by atoms with E-state index in [4.69, 9.17) is 0 Å². The van der Waals surface area contributed by atoms with Crippen molar-refractivity contribution in [1.29, 1.82) is 0 Å². The summed E-state index contributed by atoms with van der Waals surface area (Å²) in [7, 11) is 2.21. The van der Waals surface area contributed by atoms with Gasteiger partial charge in [0.15, 0.2) is 0 Å². The van der Waals surface area contributed by atoms with Crippen molar-refractivity contribution in [3.63, 3.8) is 0 Å². The third kappa shape index (κ3) is 4.85. The highest BCUT2D eigenvalue weighted by Gasteiger charge is 2.26. The van der Waals surface area contributed by atoms with E-state index >= 15 is 0 Å². The van der Waals surface area contributed by atoms with Crippen LogP contribution in [0.4, 0.5) is 0 Å². The molecule has 2 aromatic carbocycles. The molecule has 2 fully saturated rings. The Morgan fingerprint density at radius 1 is 1.00 bits per heavy atom. The number of piperidine rings is 1. The molecule has 9 heteroatoms. The highest BCUT2D eigenvalue weighted by molar-refractivity contribution is 5.94. The second-order valence-electron chi connectivity index (χ2n) is 12.6. The Morgan fingerprint density at radius 2 is 1.86 bits per heavy atom. The standard InChI is InChI=1S/C35H37N7O2/c1-40-13-11-26(12-14-40)41-15-9-23(10-16-41)31-18-29-33(36-21-37-34(29)39-31)28-3-2-4-32(30(28)20-43)42-35(44)27-8-7-24(22-5-6-22)17-25(27)19-38-42/h2-4,7-9,17-19,21-22,26,43H,5-6,10-16,20H2,1H3,(H,36,37,39). The van der Waals surface area contributed by atoms with Crippen LogP contribution in [0, 0.1) is 0 Å². The van der Waals surface area contributed by atoms with Gasteiger partial charge in [0, 0.05) is 46.7 Å². The Bertz CT molecular complexity index is 1960. The topological polar surface area (TPSA) is 103 Å². The molecule has 0 amide bonds. The number of aliphatic hydroxyl groups excluding tert-OH is 1. The van der Waals surface area contributed by atoms with Gasteiger partial charge in [-0.2, -0.15) is 9.78 Å². The van der Waals surface area contributed by atoms with Crippen LogP contribution in [0.5, 0.6) is 0 Å².